The van der Waals surface area contributed by atoms with Crippen LogP contribution in [0.4, 0.5) is 0 Å². The molecule has 0 aliphatic rings. The summed E-state index contributed by atoms with van der Waals surface area (Å²) in [5.74, 6) is 0.512. The van der Waals surface area contributed by atoms with Crippen molar-refractivity contribution in [3.8, 4) is 11.4 Å². The molecule has 6 nitrogen and oxygen atoms in total. The van der Waals surface area contributed by atoms with Gasteiger partial charge in [0.1, 0.15) is 0 Å². The van der Waals surface area contributed by atoms with Gasteiger partial charge in [0, 0.05) is 12.1 Å². The van der Waals surface area contributed by atoms with Crippen molar-refractivity contribution in [1.82, 2.24) is 14.8 Å². The molecule has 2 aromatic rings. The molecule has 0 atom stereocenters. The first-order valence-corrected chi connectivity index (χ1v) is 7.42. The van der Waals surface area contributed by atoms with Crippen molar-refractivity contribution in [3.05, 3.63) is 29.3 Å². The normalized spacial score (nSPS) is 11.8. The van der Waals surface area contributed by atoms with Gasteiger partial charge >= 0.3 is 0 Å². The van der Waals surface area contributed by atoms with Gasteiger partial charge in [0.2, 0.25) is 0 Å². The van der Waals surface area contributed by atoms with Crippen LogP contribution in [0.3, 0.4) is 0 Å². The number of hydrogen-bond donors (Lipinski definition) is 1. The van der Waals surface area contributed by atoms with E-state index in [4.69, 9.17) is 5.14 Å². The van der Waals surface area contributed by atoms with Crippen LogP contribution < -0.4 is 5.14 Å². The Morgan fingerprint density at radius 2 is 1.74 bits per heavy atom. The van der Waals surface area contributed by atoms with Gasteiger partial charge in [-0.3, -0.25) is 4.57 Å². The Morgan fingerprint density at radius 3 is 2.21 bits per heavy atom. The molecule has 0 spiro atoms. The standard InChI is InChI=1S/C12H16N4O2S/c1-4-16-11(14-15-12(16)19(13,17)18)10-6-8(2)5-9(3)7-10/h5-7H,4H2,1-3H3,(H2,13,17,18). The smallest absolute Gasteiger partial charge is 0.273 e. The Bertz CT molecular complexity index is 699. The van der Waals surface area contributed by atoms with Crippen LogP contribution >= 0.6 is 0 Å². The third-order valence-electron chi connectivity index (χ3n) is 2.77. The van der Waals surface area contributed by atoms with E-state index in [0.717, 1.165) is 16.7 Å². The van der Waals surface area contributed by atoms with Gasteiger partial charge in [-0.2, -0.15) is 0 Å². The highest BCUT2D eigenvalue weighted by atomic mass is 32.2. The van der Waals surface area contributed by atoms with E-state index in [1.807, 2.05) is 39.0 Å². The zero-order valence-corrected chi connectivity index (χ0v) is 11.9. The highest BCUT2D eigenvalue weighted by Crippen LogP contribution is 2.22. The lowest BCUT2D eigenvalue weighted by Crippen LogP contribution is -2.18. The molecule has 0 fully saturated rings. The van der Waals surface area contributed by atoms with Crippen molar-refractivity contribution in [2.75, 3.05) is 0 Å². The molecule has 0 radical (unpaired) electrons. The summed E-state index contributed by atoms with van der Waals surface area (Å²) in [6, 6.07) is 5.92. The van der Waals surface area contributed by atoms with Gasteiger partial charge in [0.05, 0.1) is 0 Å². The lowest BCUT2D eigenvalue weighted by atomic mass is 10.1. The van der Waals surface area contributed by atoms with Crippen molar-refractivity contribution < 1.29 is 8.42 Å². The topological polar surface area (TPSA) is 90.9 Å². The van der Waals surface area contributed by atoms with Crippen LogP contribution in [0.15, 0.2) is 23.4 Å². The van der Waals surface area contributed by atoms with E-state index in [1.54, 1.807) is 0 Å². The average Bonchev–Trinajstić information content (AvgIpc) is 2.70. The van der Waals surface area contributed by atoms with Crippen LogP contribution in [-0.2, 0) is 16.6 Å². The third-order valence-corrected chi connectivity index (χ3v) is 3.58. The summed E-state index contributed by atoms with van der Waals surface area (Å²) in [5.41, 5.74) is 3.00. The molecule has 0 bridgehead atoms. The minimum atomic E-state index is -3.86. The third kappa shape index (κ3) is 2.66. The van der Waals surface area contributed by atoms with Gasteiger partial charge in [0.15, 0.2) is 5.82 Å². The summed E-state index contributed by atoms with van der Waals surface area (Å²) in [6.45, 7) is 6.21. The number of benzene rings is 1. The second-order valence-electron chi connectivity index (χ2n) is 4.47. The zero-order valence-electron chi connectivity index (χ0n) is 11.1. The molecule has 1 heterocycles. The van der Waals surface area contributed by atoms with Crippen LogP contribution in [0.25, 0.3) is 11.4 Å². The fourth-order valence-electron chi connectivity index (χ4n) is 2.10. The SMILES string of the molecule is CCn1c(-c2cc(C)cc(C)c2)nnc1S(N)(=O)=O. The highest BCUT2D eigenvalue weighted by molar-refractivity contribution is 7.89. The molecule has 2 N–H and O–H groups in total. The van der Waals surface area contributed by atoms with Crippen LogP contribution in [0.2, 0.25) is 0 Å². The number of sulfonamides is 1. The number of rotatable bonds is 3. The molecule has 1 aromatic carbocycles. The molecule has 102 valence electrons. The van der Waals surface area contributed by atoms with Gasteiger partial charge < -0.3 is 0 Å². The predicted molar refractivity (Wildman–Crippen MR) is 72.0 cm³/mol. The lowest BCUT2D eigenvalue weighted by Gasteiger charge is -2.07. The van der Waals surface area contributed by atoms with Crippen molar-refractivity contribution >= 4 is 10.0 Å². The van der Waals surface area contributed by atoms with Crippen molar-refractivity contribution in [3.63, 3.8) is 0 Å². The molecule has 2 rings (SSSR count). The van der Waals surface area contributed by atoms with Gasteiger partial charge in [-0.05, 0) is 32.9 Å². The van der Waals surface area contributed by atoms with Gasteiger partial charge in [0.25, 0.3) is 15.2 Å². The maximum absolute atomic E-state index is 11.4. The Kier molecular flexibility index (Phi) is 3.42. The first kappa shape index (κ1) is 13.7. The second kappa shape index (κ2) is 4.75. The van der Waals surface area contributed by atoms with Gasteiger partial charge in [-0.25, -0.2) is 13.6 Å². The Labute approximate surface area is 112 Å². The quantitative estimate of drug-likeness (QED) is 0.915. The molecular weight excluding hydrogens is 264 g/mol. The number of aryl methyl sites for hydroxylation is 2. The number of nitrogens with zero attached hydrogens (tertiary/aromatic N) is 3. The summed E-state index contributed by atoms with van der Waals surface area (Å²) in [7, 11) is -3.86. The fraction of sp³-hybridized carbons (Fsp3) is 0.333. The van der Waals surface area contributed by atoms with Crippen molar-refractivity contribution in [1.29, 1.82) is 0 Å². The van der Waals surface area contributed by atoms with Crippen LogP contribution in [0, 0.1) is 13.8 Å². The Morgan fingerprint density at radius 1 is 1.16 bits per heavy atom. The molecule has 0 saturated carbocycles. The Balaban J connectivity index is 2.67. The predicted octanol–water partition coefficient (Wildman–Crippen LogP) is 1.23. The number of hydrogen-bond acceptors (Lipinski definition) is 4. The van der Waals surface area contributed by atoms with Crippen LogP contribution in [0.5, 0.6) is 0 Å². The average molecular weight is 280 g/mol. The summed E-state index contributed by atoms with van der Waals surface area (Å²) in [6.07, 6.45) is 0. The Hall–Kier alpha value is -1.73. The summed E-state index contributed by atoms with van der Waals surface area (Å²) >= 11 is 0. The van der Waals surface area contributed by atoms with E-state index in [2.05, 4.69) is 10.2 Å². The van der Waals surface area contributed by atoms with E-state index in [1.165, 1.54) is 4.57 Å². The van der Waals surface area contributed by atoms with E-state index in [0.29, 0.717) is 12.4 Å². The van der Waals surface area contributed by atoms with Gasteiger partial charge in [-0.1, -0.05) is 17.2 Å². The van der Waals surface area contributed by atoms with Crippen molar-refractivity contribution in [2.45, 2.75) is 32.5 Å². The first-order chi connectivity index (χ1) is 8.82. The summed E-state index contributed by atoms with van der Waals surface area (Å²) in [5, 5.41) is 12.6. The van der Waals surface area contributed by atoms with Crippen LogP contribution in [0.1, 0.15) is 18.1 Å². The second-order valence-corrected chi connectivity index (χ2v) is 5.93. The minimum Gasteiger partial charge on any atom is -0.297 e. The maximum Gasteiger partial charge on any atom is 0.273 e. The largest absolute Gasteiger partial charge is 0.297 e. The molecular formula is C12H16N4O2S. The highest BCUT2D eigenvalue weighted by Gasteiger charge is 2.21. The summed E-state index contributed by atoms with van der Waals surface area (Å²) in [4.78, 5) is 0. The maximum atomic E-state index is 11.4. The minimum absolute atomic E-state index is 0.204. The lowest BCUT2D eigenvalue weighted by molar-refractivity contribution is 0.571. The molecule has 0 saturated heterocycles. The van der Waals surface area contributed by atoms with E-state index < -0.39 is 10.0 Å². The molecule has 19 heavy (non-hydrogen) atoms. The molecule has 0 amide bonds. The number of nitrogens with two attached hydrogens (primary N) is 1. The number of primary sulfonamides is 1. The number of aromatic nitrogens is 3. The molecule has 0 aliphatic heterocycles. The van der Waals surface area contributed by atoms with E-state index in [-0.39, 0.29) is 5.16 Å². The molecule has 0 aliphatic carbocycles. The fourth-order valence-corrected chi connectivity index (χ4v) is 2.78. The van der Waals surface area contributed by atoms with Crippen molar-refractivity contribution in [2.24, 2.45) is 5.14 Å². The summed E-state index contributed by atoms with van der Waals surface area (Å²) < 4.78 is 24.4. The molecule has 0 unspecified atom stereocenters. The molecule has 1 aromatic heterocycles. The molecule has 7 heteroatoms. The van der Waals surface area contributed by atoms with Crippen LogP contribution in [-0.4, -0.2) is 23.2 Å². The first-order valence-electron chi connectivity index (χ1n) is 5.87. The van der Waals surface area contributed by atoms with E-state index >= 15 is 0 Å². The van der Waals surface area contributed by atoms with E-state index in [9.17, 15) is 8.42 Å². The monoisotopic (exact) mass is 280 g/mol. The van der Waals surface area contributed by atoms with Gasteiger partial charge in [-0.15, -0.1) is 10.2 Å². The zero-order chi connectivity index (χ0) is 14.2.